The summed E-state index contributed by atoms with van der Waals surface area (Å²) in [6.07, 6.45) is 1.56. The lowest BCUT2D eigenvalue weighted by Crippen LogP contribution is -2.20. The number of nitrogens with zero attached hydrogens (tertiary/aromatic N) is 4. The quantitative estimate of drug-likeness (QED) is 0.503. The Kier molecular flexibility index (Phi) is 2.30. The number of aliphatic hydroxyl groups excluding tert-OH is 2. The topological polar surface area (TPSA) is 84.1 Å². The van der Waals surface area contributed by atoms with Crippen molar-refractivity contribution in [1.29, 1.82) is 0 Å². The second kappa shape index (κ2) is 3.23. The van der Waals surface area contributed by atoms with Crippen molar-refractivity contribution in [1.82, 2.24) is 20.2 Å². The molecule has 55 valence electrons. The Hall–Kier alpha value is -1.01. The van der Waals surface area contributed by atoms with Gasteiger partial charge in [0.2, 0.25) is 6.33 Å². The van der Waals surface area contributed by atoms with Crippen LogP contribution in [-0.4, -0.2) is 43.1 Å². The molecule has 1 atom stereocenters. The molecule has 10 heavy (non-hydrogen) atoms. The molecule has 1 radical (unpaired) electrons. The Morgan fingerprint density at radius 3 is 2.90 bits per heavy atom. The van der Waals surface area contributed by atoms with Crippen LogP contribution in [0.2, 0.25) is 0 Å². The van der Waals surface area contributed by atoms with Gasteiger partial charge in [-0.15, -0.1) is 5.10 Å². The molecule has 0 aliphatic rings. The van der Waals surface area contributed by atoms with Gasteiger partial charge in [0.1, 0.15) is 0 Å². The van der Waals surface area contributed by atoms with Crippen LogP contribution in [0.1, 0.15) is 0 Å². The average molecular weight is 143 g/mol. The summed E-state index contributed by atoms with van der Waals surface area (Å²) >= 11 is 0. The van der Waals surface area contributed by atoms with Crippen LogP contribution in [0.25, 0.3) is 0 Å². The molecule has 1 aromatic rings. The van der Waals surface area contributed by atoms with Crippen LogP contribution in [0.3, 0.4) is 0 Å². The van der Waals surface area contributed by atoms with E-state index in [0.717, 1.165) is 0 Å². The highest BCUT2D eigenvalue weighted by molar-refractivity contribution is 4.52. The highest BCUT2D eigenvalue weighted by Gasteiger charge is 2.02. The normalized spacial score (nSPS) is 13.4. The fourth-order valence-electron chi connectivity index (χ4n) is 0.495. The lowest BCUT2D eigenvalue weighted by atomic mass is 10.4. The number of rotatable bonds is 3. The van der Waals surface area contributed by atoms with Crippen molar-refractivity contribution in [2.24, 2.45) is 0 Å². The first-order valence-electron chi connectivity index (χ1n) is 2.75. The van der Waals surface area contributed by atoms with E-state index in [1.54, 1.807) is 0 Å². The molecule has 1 rings (SSSR count). The van der Waals surface area contributed by atoms with Gasteiger partial charge in [-0.05, 0) is 10.4 Å². The lowest BCUT2D eigenvalue weighted by molar-refractivity contribution is 0.0775. The first-order chi connectivity index (χ1) is 4.83. The maximum absolute atomic E-state index is 8.84. The van der Waals surface area contributed by atoms with Crippen molar-refractivity contribution in [3.63, 3.8) is 0 Å². The zero-order chi connectivity index (χ0) is 7.40. The summed E-state index contributed by atoms with van der Waals surface area (Å²) < 4.78 is 1.22. The maximum Gasteiger partial charge on any atom is 0.221 e. The van der Waals surface area contributed by atoms with Crippen molar-refractivity contribution >= 4 is 0 Å². The third kappa shape index (κ3) is 1.74. The van der Waals surface area contributed by atoms with E-state index in [1.807, 2.05) is 0 Å². The molecule has 6 nitrogen and oxygen atoms in total. The van der Waals surface area contributed by atoms with Crippen LogP contribution < -0.4 is 0 Å². The van der Waals surface area contributed by atoms with E-state index >= 15 is 0 Å². The molecule has 6 heteroatoms. The summed E-state index contributed by atoms with van der Waals surface area (Å²) in [6, 6.07) is 0. The van der Waals surface area contributed by atoms with E-state index in [0.29, 0.717) is 0 Å². The number of aliphatic hydroxyl groups is 2. The van der Waals surface area contributed by atoms with Gasteiger partial charge in [0.15, 0.2) is 0 Å². The molecular formula is C4H7N4O2. The number of hydrogen-bond acceptors (Lipinski definition) is 5. The van der Waals surface area contributed by atoms with E-state index in [-0.39, 0.29) is 13.2 Å². The Morgan fingerprint density at radius 2 is 2.40 bits per heavy atom. The van der Waals surface area contributed by atoms with Gasteiger partial charge in [-0.2, -0.15) is 0 Å². The Balaban J connectivity index is 2.40. The van der Waals surface area contributed by atoms with E-state index in [9.17, 15) is 0 Å². The summed E-state index contributed by atoms with van der Waals surface area (Å²) in [5, 5.41) is 27.2. The van der Waals surface area contributed by atoms with Gasteiger partial charge in [-0.25, -0.2) is 4.68 Å². The van der Waals surface area contributed by atoms with Crippen molar-refractivity contribution < 1.29 is 10.2 Å². The van der Waals surface area contributed by atoms with Crippen LogP contribution in [-0.2, 0) is 6.54 Å². The highest BCUT2D eigenvalue weighted by atomic mass is 16.3. The molecule has 0 bridgehead atoms. The maximum atomic E-state index is 8.84. The summed E-state index contributed by atoms with van der Waals surface area (Å²) in [4.78, 5) is 0. The average Bonchev–Trinajstić information content (AvgIpc) is 2.40. The third-order valence-electron chi connectivity index (χ3n) is 0.947. The molecule has 0 aliphatic heterocycles. The van der Waals surface area contributed by atoms with Crippen LogP contribution in [0.4, 0.5) is 0 Å². The molecule has 1 heterocycles. The molecule has 1 aromatic heterocycles. The fraction of sp³-hybridized carbons (Fsp3) is 0.750. The summed E-state index contributed by atoms with van der Waals surface area (Å²) in [7, 11) is 0. The Morgan fingerprint density at radius 1 is 1.60 bits per heavy atom. The van der Waals surface area contributed by atoms with Gasteiger partial charge in [0, 0.05) is 0 Å². The van der Waals surface area contributed by atoms with Crippen LogP contribution in [0, 0.1) is 6.33 Å². The molecule has 0 spiro atoms. The van der Waals surface area contributed by atoms with Gasteiger partial charge in [0.05, 0.1) is 19.3 Å². The number of tetrazole rings is 1. The monoisotopic (exact) mass is 143 g/mol. The highest BCUT2D eigenvalue weighted by Crippen LogP contribution is 1.84. The van der Waals surface area contributed by atoms with Crippen LogP contribution in [0.15, 0.2) is 0 Å². The van der Waals surface area contributed by atoms with Crippen LogP contribution >= 0.6 is 0 Å². The number of hydrogen-bond donors (Lipinski definition) is 2. The molecule has 1 unspecified atom stereocenters. The van der Waals surface area contributed by atoms with Gasteiger partial charge >= 0.3 is 0 Å². The predicted molar refractivity (Wildman–Crippen MR) is 29.7 cm³/mol. The molecule has 0 aliphatic carbocycles. The summed E-state index contributed by atoms with van der Waals surface area (Å²) in [6.45, 7) is -0.128. The van der Waals surface area contributed by atoms with Crippen molar-refractivity contribution in [2.75, 3.05) is 6.61 Å². The molecule has 0 saturated heterocycles. The largest absolute Gasteiger partial charge is 0.394 e. The molecule has 0 amide bonds. The van der Waals surface area contributed by atoms with Gasteiger partial charge in [0.25, 0.3) is 0 Å². The Bertz CT molecular complexity index is 175. The van der Waals surface area contributed by atoms with Crippen LogP contribution in [0.5, 0.6) is 0 Å². The van der Waals surface area contributed by atoms with E-state index in [2.05, 4.69) is 21.9 Å². The van der Waals surface area contributed by atoms with Crippen molar-refractivity contribution in [3.05, 3.63) is 6.33 Å². The minimum Gasteiger partial charge on any atom is -0.394 e. The first-order valence-corrected chi connectivity index (χ1v) is 2.75. The molecular weight excluding hydrogens is 136 g/mol. The Labute approximate surface area is 57.1 Å². The van der Waals surface area contributed by atoms with Gasteiger partial charge in [-0.3, -0.25) is 0 Å². The molecule has 2 N–H and O–H groups in total. The summed E-state index contributed by atoms with van der Waals surface area (Å²) in [5.74, 6) is 0. The molecule has 0 aromatic carbocycles. The van der Waals surface area contributed by atoms with E-state index in [4.69, 9.17) is 10.2 Å². The lowest BCUT2D eigenvalue weighted by Gasteiger charge is -2.03. The number of aromatic nitrogens is 4. The second-order valence-electron chi connectivity index (χ2n) is 1.80. The van der Waals surface area contributed by atoms with Gasteiger partial charge < -0.3 is 10.2 Å². The minimum atomic E-state index is -0.820. The van der Waals surface area contributed by atoms with Crippen molar-refractivity contribution in [3.8, 4) is 0 Å². The second-order valence-corrected chi connectivity index (χ2v) is 1.80. The third-order valence-corrected chi connectivity index (χ3v) is 0.947. The molecule has 0 saturated carbocycles. The standard InChI is InChI=1S/C4H7N4O2/c9-2-4(10)1-8-3-5-6-7-8/h4,9-10H,1-2H2. The van der Waals surface area contributed by atoms with Gasteiger partial charge in [-0.1, -0.05) is 0 Å². The zero-order valence-corrected chi connectivity index (χ0v) is 5.17. The predicted octanol–water partition coefficient (Wildman–Crippen LogP) is -2.17. The minimum absolute atomic E-state index is 0.170. The summed E-state index contributed by atoms with van der Waals surface area (Å²) in [5.41, 5.74) is 0. The fourth-order valence-corrected chi connectivity index (χ4v) is 0.495. The first kappa shape index (κ1) is 7.10. The van der Waals surface area contributed by atoms with E-state index in [1.165, 1.54) is 4.68 Å². The zero-order valence-electron chi connectivity index (χ0n) is 5.17. The van der Waals surface area contributed by atoms with Crippen molar-refractivity contribution in [2.45, 2.75) is 12.6 Å². The van der Waals surface area contributed by atoms with E-state index < -0.39 is 6.10 Å². The smallest absolute Gasteiger partial charge is 0.221 e. The SMILES string of the molecule is OCC(O)Cn1[c]nnn1. The molecule has 0 fully saturated rings.